The third-order valence-electron chi connectivity index (χ3n) is 5.06. The summed E-state index contributed by atoms with van der Waals surface area (Å²) in [6.45, 7) is 4.29. The second-order valence-corrected chi connectivity index (χ2v) is 7.14. The first kappa shape index (κ1) is 23.9. The van der Waals surface area contributed by atoms with E-state index in [1.165, 1.54) is 37.8 Å². The van der Waals surface area contributed by atoms with Crippen LogP contribution in [0.1, 0.15) is 39.0 Å². The van der Waals surface area contributed by atoms with Gasteiger partial charge in [0.05, 0.1) is 6.54 Å². The van der Waals surface area contributed by atoms with E-state index >= 15 is 0 Å². The van der Waals surface area contributed by atoms with Crippen LogP contribution >= 0.6 is 24.0 Å². The fraction of sp³-hybridized carbons (Fsp3) is 0.650. The quantitative estimate of drug-likeness (QED) is 0.311. The number of ether oxygens (including phenoxy) is 2. The maximum atomic E-state index is 12.9. The number of halogens is 2. The molecule has 0 aromatic heterocycles. The average Bonchev–Trinajstić information content (AvgIpc) is 3.11. The van der Waals surface area contributed by atoms with E-state index in [-0.39, 0.29) is 35.9 Å². The highest BCUT2D eigenvalue weighted by molar-refractivity contribution is 14.0. The van der Waals surface area contributed by atoms with Crippen LogP contribution in [-0.4, -0.2) is 45.9 Å². The van der Waals surface area contributed by atoms with Gasteiger partial charge < -0.3 is 20.1 Å². The fourth-order valence-electron chi connectivity index (χ4n) is 3.48. The molecule has 1 saturated carbocycles. The lowest BCUT2D eigenvalue weighted by molar-refractivity contribution is 0.138. The summed E-state index contributed by atoms with van der Waals surface area (Å²) in [4.78, 5) is 4.31. The van der Waals surface area contributed by atoms with Gasteiger partial charge >= 0.3 is 0 Å². The molecule has 0 heterocycles. The van der Waals surface area contributed by atoms with Crippen molar-refractivity contribution in [3.05, 3.63) is 30.1 Å². The van der Waals surface area contributed by atoms with E-state index < -0.39 is 0 Å². The van der Waals surface area contributed by atoms with E-state index in [4.69, 9.17) is 9.47 Å². The number of nitrogens with one attached hydrogen (secondary N) is 2. The Balaban J connectivity index is 0.00000364. The van der Waals surface area contributed by atoms with Crippen LogP contribution in [0, 0.1) is 11.2 Å². The van der Waals surface area contributed by atoms with E-state index in [0.29, 0.717) is 17.7 Å². The summed E-state index contributed by atoms with van der Waals surface area (Å²) in [6, 6.07) is 6.07. The summed E-state index contributed by atoms with van der Waals surface area (Å²) in [5.41, 5.74) is 0.309. The summed E-state index contributed by atoms with van der Waals surface area (Å²) >= 11 is 0. The number of benzene rings is 1. The van der Waals surface area contributed by atoms with Crippen molar-refractivity contribution in [3.8, 4) is 5.75 Å². The molecule has 0 spiro atoms. The minimum Gasteiger partial charge on any atom is -0.489 e. The Bertz CT molecular complexity index is 563. The van der Waals surface area contributed by atoms with Crippen molar-refractivity contribution >= 4 is 29.9 Å². The lowest BCUT2D eigenvalue weighted by Gasteiger charge is -2.30. The topological polar surface area (TPSA) is 54.9 Å². The minimum atomic E-state index is -0.262. The van der Waals surface area contributed by atoms with Crippen molar-refractivity contribution in [2.75, 3.05) is 33.9 Å². The third kappa shape index (κ3) is 8.21. The maximum absolute atomic E-state index is 12.9. The van der Waals surface area contributed by atoms with Gasteiger partial charge in [-0.25, -0.2) is 4.39 Å². The second kappa shape index (κ2) is 12.4. The van der Waals surface area contributed by atoms with Gasteiger partial charge in [-0.2, -0.15) is 0 Å². The fourth-order valence-corrected chi connectivity index (χ4v) is 3.48. The van der Waals surface area contributed by atoms with Crippen molar-refractivity contribution in [1.82, 2.24) is 10.6 Å². The Labute approximate surface area is 179 Å². The van der Waals surface area contributed by atoms with Crippen LogP contribution in [0.2, 0.25) is 0 Å². The number of hydrogen-bond acceptors (Lipinski definition) is 3. The van der Waals surface area contributed by atoms with Gasteiger partial charge in [0, 0.05) is 27.3 Å². The predicted molar refractivity (Wildman–Crippen MR) is 119 cm³/mol. The van der Waals surface area contributed by atoms with Gasteiger partial charge in [0.2, 0.25) is 0 Å². The van der Waals surface area contributed by atoms with E-state index in [1.54, 1.807) is 26.3 Å². The van der Waals surface area contributed by atoms with Crippen LogP contribution in [-0.2, 0) is 4.74 Å². The average molecular weight is 493 g/mol. The third-order valence-corrected chi connectivity index (χ3v) is 5.06. The molecule has 1 fully saturated rings. The number of aliphatic imine (C=N–C) groups is 1. The monoisotopic (exact) mass is 493 g/mol. The first-order chi connectivity index (χ1) is 12.6. The summed E-state index contributed by atoms with van der Waals surface area (Å²) in [5, 5.41) is 6.77. The zero-order valence-electron chi connectivity index (χ0n) is 16.6. The van der Waals surface area contributed by atoms with Crippen LogP contribution in [0.15, 0.2) is 29.3 Å². The van der Waals surface area contributed by atoms with E-state index in [1.807, 2.05) is 6.92 Å². The maximum Gasteiger partial charge on any atom is 0.191 e. The van der Waals surface area contributed by atoms with Crippen LogP contribution in [0.5, 0.6) is 5.75 Å². The Kier molecular flexibility index (Phi) is 11.0. The van der Waals surface area contributed by atoms with Gasteiger partial charge in [0.25, 0.3) is 0 Å². The van der Waals surface area contributed by atoms with E-state index in [9.17, 15) is 4.39 Å². The van der Waals surface area contributed by atoms with Gasteiger partial charge in [-0.3, -0.25) is 4.99 Å². The Morgan fingerprint density at radius 3 is 2.48 bits per heavy atom. The van der Waals surface area contributed by atoms with Crippen LogP contribution < -0.4 is 15.4 Å². The molecule has 0 radical (unpaired) electrons. The van der Waals surface area contributed by atoms with Crippen molar-refractivity contribution in [3.63, 3.8) is 0 Å². The zero-order valence-corrected chi connectivity index (χ0v) is 18.9. The SMILES string of the molecule is CN=C(NCC(C)Oc1ccc(F)cc1)NCC1(CCOC)CCCC1.I. The molecule has 0 amide bonds. The molecule has 1 aromatic rings. The number of rotatable bonds is 9. The molecule has 2 N–H and O–H groups in total. The highest BCUT2D eigenvalue weighted by Crippen LogP contribution is 2.40. The van der Waals surface area contributed by atoms with Gasteiger partial charge in [-0.1, -0.05) is 12.8 Å². The van der Waals surface area contributed by atoms with Gasteiger partial charge in [-0.15, -0.1) is 24.0 Å². The van der Waals surface area contributed by atoms with Crippen LogP contribution in [0.4, 0.5) is 4.39 Å². The first-order valence-corrected chi connectivity index (χ1v) is 9.42. The van der Waals surface area contributed by atoms with Gasteiger partial charge in [-0.05, 0) is 55.9 Å². The summed E-state index contributed by atoms with van der Waals surface area (Å²) in [7, 11) is 3.54. The van der Waals surface area contributed by atoms with Crippen molar-refractivity contribution in [2.24, 2.45) is 10.4 Å². The van der Waals surface area contributed by atoms with Crippen molar-refractivity contribution < 1.29 is 13.9 Å². The van der Waals surface area contributed by atoms with E-state index in [0.717, 1.165) is 25.5 Å². The van der Waals surface area contributed by atoms with Crippen LogP contribution in [0.25, 0.3) is 0 Å². The molecular formula is C20H33FIN3O2. The summed E-state index contributed by atoms with van der Waals surface area (Å²) in [6.07, 6.45) is 6.08. The molecule has 1 aromatic carbocycles. The molecule has 154 valence electrons. The van der Waals surface area contributed by atoms with Crippen LogP contribution in [0.3, 0.4) is 0 Å². The van der Waals surface area contributed by atoms with Crippen molar-refractivity contribution in [1.29, 1.82) is 0 Å². The molecule has 1 atom stereocenters. The normalized spacial score (nSPS) is 17.1. The van der Waals surface area contributed by atoms with E-state index in [2.05, 4.69) is 15.6 Å². The predicted octanol–water partition coefficient (Wildman–Crippen LogP) is 3.97. The second-order valence-electron chi connectivity index (χ2n) is 7.14. The molecule has 0 aliphatic heterocycles. The molecule has 5 nitrogen and oxygen atoms in total. The molecule has 1 aliphatic carbocycles. The lowest BCUT2D eigenvalue weighted by atomic mass is 9.83. The Hall–Kier alpha value is -1.09. The molecule has 0 saturated heterocycles. The molecule has 7 heteroatoms. The number of hydrogen-bond donors (Lipinski definition) is 2. The number of guanidine groups is 1. The summed E-state index contributed by atoms with van der Waals surface area (Å²) in [5.74, 6) is 1.18. The largest absolute Gasteiger partial charge is 0.489 e. The minimum absolute atomic E-state index is 0. The highest BCUT2D eigenvalue weighted by Gasteiger charge is 2.33. The molecule has 0 bridgehead atoms. The lowest BCUT2D eigenvalue weighted by Crippen LogP contribution is -2.45. The first-order valence-electron chi connectivity index (χ1n) is 9.42. The smallest absolute Gasteiger partial charge is 0.191 e. The number of methoxy groups -OCH3 is 1. The summed E-state index contributed by atoms with van der Waals surface area (Å²) < 4.78 is 24.0. The highest BCUT2D eigenvalue weighted by atomic mass is 127. The molecular weight excluding hydrogens is 460 g/mol. The number of nitrogens with zero attached hydrogens (tertiary/aromatic N) is 1. The van der Waals surface area contributed by atoms with Gasteiger partial charge in [0.1, 0.15) is 17.7 Å². The molecule has 27 heavy (non-hydrogen) atoms. The Morgan fingerprint density at radius 1 is 1.22 bits per heavy atom. The molecule has 1 aliphatic rings. The van der Waals surface area contributed by atoms with Gasteiger partial charge in [0.15, 0.2) is 5.96 Å². The Morgan fingerprint density at radius 2 is 1.89 bits per heavy atom. The zero-order chi connectivity index (χ0) is 18.8. The van der Waals surface area contributed by atoms with Crippen molar-refractivity contribution in [2.45, 2.75) is 45.1 Å². The molecule has 2 rings (SSSR count). The standard InChI is InChI=1S/C20H32FN3O2.HI/c1-16(26-18-8-6-17(21)7-9-18)14-23-19(22-2)24-15-20(12-13-25-3)10-4-5-11-20;/h6-9,16H,4-5,10-15H2,1-3H3,(H2,22,23,24);1H. The molecule has 1 unspecified atom stereocenters.